The van der Waals surface area contributed by atoms with Crippen molar-refractivity contribution in [2.75, 3.05) is 12.5 Å². The van der Waals surface area contributed by atoms with Crippen LogP contribution >= 0.6 is 0 Å². The van der Waals surface area contributed by atoms with Crippen molar-refractivity contribution >= 4 is 10.0 Å². The molecule has 1 aliphatic rings. The van der Waals surface area contributed by atoms with Gasteiger partial charge < -0.3 is 9.47 Å². The Morgan fingerprint density at radius 1 is 1.70 bits per heavy atom. The number of sulfonamides is 1. The Kier molecular flexibility index (Phi) is 1.82. The first-order valence-electron chi connectivity index (χ1n) is 2.52. The SMILES string of the molecule is NS(=O)(=O)CC1=COCO1. The molecular formula is C4H7NO4S. The van der Waals surface area contributed by atoms with E-state index >= 15 is 0 Å². The van der Waals surface area contributed by atoms with Crippen LogP contribution in [0.1, 0.15) is 0 Å². The number of rotatable bonds is 2. The lowest BCUT2D eigenvalue weighted by Crippen LogP contribution is -2.18. The quantitative estimate of drug-likeness (QED) is 0.576. The second kappa shape index (κ2) is 2.47. The average molecular weight is 165 g/mol. The summed E-state index contributed by atoms with van der Waals surface area (Å²) in [5, 5.41) is 4.71. The number of hydrogen-bond donors (Lipinski definition) is 1. The predicted octanol–water partition coefficient (Wildman–Crippen LogP) is -0.879. The van der Waals surface area contributed by atoms with Crippen LogP contribution in [0.15, 0.2) is 12.0 Å². The lowest BCUT2D eigenvalue weighted by atomic mass is 10.6. The summed E-state index contributed by atoms with van der Waals surface area (Å²) in [6.07, 6.45) is 1.24. The highest BCUT2D eigenvalue weighted by Gasteiger charge is 2.12. The van der Waals surface area contributed by atoms with E-state index in [1.54, 1.807) is 0 Å². The Morgan fingerprint density at radius 3 is 2.80 bits per heavy atom. The molecule has 2 N–H and O–H groups in total. The molecule has 0 atom stereocenters. The zero-order chi connectivity index (χ0) is 7.61. The summed E-state index contributed by atoms with van der Waals surface area (Å²) in [5.41, 5.74) is 0. The molecule has 1 aliphatic heterocycles. The van der Waals surface area contributed by atoms with E-state index in [2.05, 4.69) is 4.74 Å². The van der Waals surface area contributed by atoms with E-state index in [1.807, 2.05) is 0 Å². The van der Waals surface area contributed by atoms with Gasteiger partial charge in [-0.05, 0) is 0 Å². The third-order valence-electron chi connectivity index (χ3n) is 0.871. The monoisotopic (exact) mass is 165 g/mol. The van der Waals surface area contributed by atoms with Crippen molar-refractivity contribution in [2.24, 2.45) is 5.14 Å². The van der Waals surface area contributed by atoms with Gasteiger partial charge in [-0.15, -0.1) is 0 Å². The maximum Gasteiger partial charge on any atom is 0.229 e. The van der Waals surface area contributed by atoms with Gasteiger partial charge in [0.15, 0.2) is 5.76 Å². The van der Waals surface area contributed by atoms with E-state index in [9.17, 15) is 8.42 Å². The number of hydrogen-bond acceptors (Lipinski definition) is 4. The Balaban J connectivity index is 2.54. The van der Waals surface area contributed by atoms with Crippen LogP contribution in [-0.4, -0.2) is 21.0 Å². The highest BCUT2D eigenvalue weighted by Crippen LogP contribution is 2.06. The van der Waals surface area contributed by atoms with Crippen molar-refractivity contribution in [3.8, 4) is 0 Å². The van der Waals surface area contributed by atoms with Crippen molar-refractivity contribution in [3.05, 3.63) is 12.0 Å². The number of ether oxygens (including phenoxy) is 2. The molecule has 10 heavy (non-hydrogen) atoms. The lowest BCUT2D eigenvalue weighted by molar-refractivity contribution is 0.0816. The third-order valence-corrected chi connectivity index (χ3v) is 1.56. The summed E-state index contributed by atoms with van der Waals surface area (Å²) >= 11 is 0. The Morgan fingerprint density at radius 2 is 2.40 bits per heavy atom. The van der Waals surface area contributed by atoms with E-state index in [0.717, 1.165) is 0 Å². The van der Waals surface area contributed by atoms with Crippen LogP contribution < -0.4 is 5.14 Å². The van der Waals surface area contributed by atoms with Crippen LogP contribution in [-0.2, 0) is 19.5 Å². The zero-order valence-electron chi connectivity index (χ0n) is 5.11. The zero-order valence-corrected chi connectivity index (χ0v) is 5.93. The smallest absolute Gasteiger partial charge is 0.229 e. The van der Waals surface area contributed by atoms with Gasteiger partial charge in [-0.2, -0.15) is 0 Å². The first-order chi connectivity index (χ1) is 4.58. The molecule has 0 fully saturated rings. The molecule has 0 aromatic heterocycles. The summed E-state index contributed by atoms with van der Waals surface area (Å²) in [6.45, 7) is 0.0743. The predicted molar refractivity (Wildman–Crippen MR) is 33.1 cm³/mol. The van der Waals surface area contributed by atoms with E-state index in [0.29, 0.717) is 0 Å². The van der Waals surface area contributed by atoms with Crippen LogP contribution in [0.2, 0.25) is 0 Å². The molecule has 0 saturated heterocycles. The van der Waals surface area contributed by atoms with Crippen LogP contribution in [0.4, 0.5) is 0 Å². The molecule has 58 valence electrons. The van der Waals surface area contributed by atoms with Crippen molar-refractivity contribution in [1.29, 1.82) is 0 Å². The topological polar surface area (TPSA) is 78.6 Å². The fraction of sp³-hybridized carbons (Fsp3) is 0.500. The molecule has 1 heterocycles. The summed E-state index contributed by atoms with van der Waals surface area (Å²) in [6, 6.07) is 0. The first-order valence-corrected chi connectivity index (χ1v) is 4.23. The minimum Gasteiger partial charge on any atom is -0.462 e. The number of nitrogens with two attached hydrogens (primary N) is 1. The second-order valence-electron chi connectivity index (χ2n) is 1.82. The van der Waals surface area contributed by atoms with Gasteiger partial charge >= 0.3 is 0 Å². The third kappa shape index (κ3) is 2.24. The highest BCUT2D eigenvalue weighted by molar-refractivity contribution is 7.89. The van der Waals surface area contributed by atoms with Gasteiger partial charge in [0, 0.05) is 0 Å². The van der Waals surface area contributed by atoms with Crippen LogP contribution in [0, 0.1) is 0 Å². The van der Waals surface area contributed by atoms with Crippen LogP contribution in [0.3, 0.4) is 0 Å². The standard InChI is InChI=1S/C4H7NO4S/c5-10(6,7)2-4-1-8-3-9-4/h1H,2-3H2,(H2,5,6,7). The number of primary sulfonamides is 1. The van der Waals surface area contributed by atoms with Gasteiger partial charge in [-0.3, -0.25) is 0 Å². The maximum atomic E-state index is 10.4. The second-order valence-corrected chi connectivity index (χ2v) is 3.43. The molecule has 5 nitrogen and oxygen atoms in total. The molecule has 0 bridgehead atoms. The van der Waals surface area contributed by atoms with E-state index in [4.69, 9.17) is 9.88 Å². The van der Waals surface area contributed by atoms with Gasteiger partial charge in [0.1, 0.15) is 12.0 Å². The Bertz CT molecular complexity index is 242. The minimum absolute atomic E-state index is 0.0743. The normalized spacial score (nSPS) is 17.5. The van der Waals surface area contributed by atoms with Gasteiger partial charge in [0.2, 0.25) is 16.8 Å². The van der Waals surface area contributed by atoms with E-state index in [1.165, 1.54) is 6.26 Å². The maximum absolute atomic E-state index is 10.4. The molecule has 0 spiro atoms. The van der Waals surface area contributed by atoms with Crippen LogP contribution in [0.25, 0.3) is 0 Å². The van der Waals surface area contributed by atoms with E-state index < -0.39 is 10.0 Å². The highest BCUT2D eigenvalue weighted by atomic mass is 32.2. The molecule has 0 aromatic rings. The average Bonchev–Trinajstić information content (AvgIpc) is 2.12. The molecule has 0 aliphatic carbocycles. The largest absolute Gasteiger partial charge is 0.462 e. The molecule has 1 rings (SSSR count). The molecular weight excluding hydrogens is 158 g/mol. The molecule has 6 heteroatoms. The van der Waals surface area contributed by atoms with Crippen molar-refractivity contribution < 1.29 is 17.9 Å². The van der Waals surface area contributed by atoms with Crippen LogP contribution in [0.5, 0.6) is 0 Å². The summed E-state index contributed by atoms with van der Waals surface area (Å²) < 4.78 is 30.1. The molecule has 0 saturated carbocycles. The molecule has 0 amide bonds. The summed E-state index contributed by atoms with van der Waals surface area (Å²) in [7, 11) is -3.48. The van der Waals surface area contributed by atoms with Gasteiger partial charge in [-0.25, -0.2) is 13.6 Å². The first kappa shape index (κ1) is 7.36. The summed E-state index contributed by atoms with van der Waals surface area (Å²) in [5.74, 6) is -0.0463. The molecule has 0 aromatic carbocycles. The Labute approximate surface area is 58.5 Å². The van der Waals surface area contributed by atoms with Gasteiger partial charge in [0.25, 0.3) is 0 Å². The summed E-state index contributed by atoms with van der Waals surface area (Å²) in [4.78, 5) is 0. The fourth-order valence-corrected chi connectivity index (χ4v) is 1.09. The fourth-order valence-electron chi connectivity index (χ4n) is 0.545. The lowest BCUT2D eigenvalue weighted by Gasteiger charge is -1.96. The molecule has 0 unspecified atom stereocenters. The van der Waals surface area contributed by atoms with Gasteiger partial charge in [0.05, 0.1) is 0 Å². The van der Waals surface area contributed by atoms with Crippen molar-refractivity contribution in [1.82, 2.24) is 0 Å². The van der Waals surface area contributed by atoms with Gasteiger partial charge in [-0.1, -0.05) is 0 Å². The minimum atomic E-state index is -3.48. The van der Waals surface area contributed by atoms with Crippen molar-refractivity contribution in [3.63, 3.8) is 0 Å². The Hall–Kier alpha value is -0.750. The van der Waals surface area contributed by atoms with Crippen molar-refractivity contribution in [2.45, 2.75) is 0 Å². The molecule has 0 radical (unpaired) electrons. The van der Waals surface area contributed by atoms with E-state index in [-0.39, 0.29) is 18.3 Å².